The number of aliphatic hydroxyl groups is 1. The van der Waals surface area contributed by atoms with Crippen LogP contribution in [0, 0.1) is 0 Å². The van der Waals surface area contributed by atoms with E-state index in [4.69, 9.17) is 0 Å². The first-order chi connectivity index (χ1) is 4.72. The Labute approximate surface area is 60.6 Å². The zero-order chi connectivity index (χ0) is 7.56. The van der Waals surface area contributed by atoms with E-state index in [1.807, 2.05) is 0 Å². The molecular weight excluding hydrogens is 128 g/mol. The van der Waals surface area contributed by atoms with Crippen molar-refractivity contribution in [2.75, 3.05) is 0 Å². The highest BCUT2D eigenvalue weighted by molar-refractivity contribution is 5.95. The van der Waals surface area contributed by atoms with Gasteiger partial charge in [0.05, 0.1) is 5.76 Å². The molecule has 1 N–H and O–H groups in total. The summed E-state index contributed by atoms with van der Waals surface area (Å²) in [4.78, 5) is 11.0. The first-order valence-corrected chi connectivity index (χ1v) is 3.63. The van der Waals surface area contributed by atoms with E-state index >= 15 is 0 Å². The SMILES string of the molecule is CC1=C(O)CCCCC1=O. The van der Waals surface area contributed by atoms with E-state index in [1.165, 1.54) is 0 Å². The van der Waals surface area contributed by atoms with Crippen LogP contribution in [0.5, 0.6) is 0 Å². The van der Waals surface area contributed by atoms with Crippen molar-refractivity contribution >= 4 is 5.78 Å². The number of hydrogen-bond donors (Lipinski definition) is 1. The molecule has 0 saturated carbocycles. The minimum absolute atomic E-state index is 0.106. The Balaban J connectivity index is 2.79. The van der Waals surface area contributed by atoms with Gasteiger partial charge in [-0.05, 0) is 19.8 Å². The smallest absolute Gasteiger partial charge is 0.161 e. The van der Waals surface area contributed by atoms with Crippen LogP contribution in [0.2, 0.25) is 0 Å². The fraction of sp³-hybridized carbons (Fsp3) is 0.625. The number of rotatable bonds is 0. The topological polar surface area (TPSA) is 37.3 Å². The predicted molar refractivity (Wildman–Crippen MR) is 38.8 cm³/mol. The number of carbonyl (C=O) groups is 1. The normalized spacial score (nSPS) is 21.1. The van der Waals surface area contributed by atoms with Crippen molar-refractivity contribution in [2.24, 2.45) is 0 Å². The maximum absolute atomic E-state index is 11.0. The zero-order valence-corrected chi connectivity index (χ0v) is 6.18. The number of Topliss-reactive ketones (excluding diaryl/α,β-unsaturated/α-hetero) is 1. The first kappa shape index (κ1) is 7.32. The number of aliphatic hydroxyl groups excluding tert-OH is 1. The van der Waals surface area contributed by atoms with Gasteiger partial charge in [0.25, 0.3) is 0 Å². The third kappa shape index (κ3) is 1.38. The molecule has 2 nitrogen and oxygen atoms in total. The van der Waals surface area contributed by atoms with Gasteiger partial charge >= 0.3 is 0 Å². The minimum Gasteiger partial charge on any atom is -0.512 e. The summed E-state index contributed by atoms with van der Waals surface area (Å²) >= 11 is 0. The van der Waals surface area contributed by atoms with E-state index in [0.717, 1.165) is 12.8 Å². The maximum Gasteiger partial charge on any atom is 0.161 e. The van der Waals surface area contributed by atoms with Gasteiger partial charge < -0.3 is 5.11 Å². The highest BCUT2D eigenvalue weighted by atomic mass is 16.3. The molecule has 0 amide bonds. The van der Waals surface area contributed by atoms with E-state index in [9.17, 15) is 9.90 Å². The summed E-state index contributed by atoms with van der Waals surface area (Å²) in [5.41, 5.74) is 0.567. The van der Waals surface area contributed by atoms with Gasteiger partial charge in [0, 0.05) is 18.4 Å². The molecule has 0 aliphatic heterocycles. The van der Waals surface area contributed by atoms with Crippen molar-refractivity contribution < 1.29 is 9.90 Å². The summed E-state index contributed by atoms with van der Waals surface area (Å²) in [6, 6.07) is 0. The second-order valence-corrected chi connectivity index (χ2v) is 2.70. The summed E-state index contributed by atoms with van der Waals surface area (Å²) < 4.78 is 0. The Hall–Kier alpha value is -0.790. The van der Waals surface area contributed by atoms with Gasteiger partial charge in [-0.2, -0.15) is 0 Å². The van der Waals surface area contributed by atoms with Gasteiger partial charge in [0.2, 0.25) is 0 Å². The van der Waals surface area contributed by atoms with Crippen molar-refractivity contribution in [3.05, 3.63) is 11.3 Å². The monoisotopic (exact) mass is 140 g/mol. The average Bonchev–Trinajstić information content (AvgIpc) is 2.04. The van der Waals surface area contributed by atoms with Gasteiger partial charge in [-0.15, -0.1) is 0 Å². The van der Waals surface area contributed by atoms with Crippen molar-refractivity contribution in [1.82, 2.24) is 0 Å². The summed E-state index contributed by atoms with van der Waals surface area (Å²) in [7, 11) is 0. The number of allylic oxidation sites excluding steroid dienone is 2. The van der Waals surface area contributed by atoms with Crippen molar-refractivity contribution in [3.63, 3.8) is 0 Å². The molecule has 1 aliphatic rings. The first-order valence-electron chi connectivity index (χ1n) is 3.63. The van der Waals surface area contributed by atoms with Crippen molar-refractivity contribution in [3.8, 4) is 0 Å². The van der Waals surface area contributed by atoms with Gasteiger partial charge in [0.1, 0.15) is 0 Å². The van der Waals surface area contributed by atoms with Crippen LogP contribution in [0.1, 0.15) is 32.6 Å². The van der Waals surface area contributed by atoms with Crippen LogP contribution in [-0.2, 0) is 4.79 Å². The molecule has 0 spiro atoms. The van der Waals surface area contributed by atoms with Crippen molar-refractivity contribution in [1.29, 1.82) is 0 Å². The number of hydrogen-bond acceptors (Lipinski definition) is 2. The molecule has 2 heteroatoms. The van der Waals surface area contributed by atoms with E-state index in [2.05, 4.69) is 0 Å². The number of carbonyl (C=O) groups excluding carboxylic acids is 1. The third-order valence-electron chi connectivity index (χ3n) is 1.92. The standard InChI is InChI=1S/C8H12O2/c1-6-7(9)4-2-3-5-8(6)10/h9H,2-5H2,1H3. The third-order valence-corrected chi connectivity index (χ3v) is 1.92. The molecule has 0 unspecified atom stereocenters. The summed E-state index contributed by atoms with van der Waals surface area (Å²) in [6.07, 6.45) is 3.14. The van der Waals surface area contributed by atoms with Gasteiger partial charge in [-0.1, -0.05) is 0 Å². The summed E-state index contributed by atoms with van der Waals surface area (Å²) in [5, 5.41) is 9.19. The predicted octanol–water partition coefficient (Wildman–Crippen LogP) is 1.96. The molecule has 0 heterocycles. The Morgan fingerprint density at radius 1 is 1.30 bits per heavy atom. The Bertz CT molecular complexity index is 180. The van der Waals surface area contributed by atoms with Crippen LogP contribution in [-0.4, -0.2) is 10.9 Å². The van der Waals surface area contributed by atoms with Crippen LogP contribution < -0.4 is 0 Å². The van der Waals surface area contributed by atoms with Crippen LogP contribution in [0.4, 0.5) is 0 Å². The Kier molecular flexibility index (Phi) is 2.10. The molecule has 0 aromatic heterocycles. The largest absolute Gasteiger partial charge is 0.512 e. The van der Waals surface area contributed by atoms with Gasteiger partial charge in [-0.3, -0.25) is 4.79 Å². The molecule has 0 saturated heterocycles. The quantitative estimate of drug-likeness (QED) is 0.558. The molecule has 0 fully saturated rings. The highest BCUT2D eigenvalue weighted by Crippen LogP contribution is 2.18. The lowest BCUT2D eigenvalue weighted by atomic mass is 10.1. The van der Waals surface area contributed by atoms with Crippen molar-refractivity contribution in [2.45, 2.75) is 32.6 Å². The molecule has 0 atom stereocenters. The summed E-state index contributed by atoms with van der Waals surface area (Å²) in [6.45, 7) is 1.70. The Morgan fingerprint density at radius 2 is 1.90 bits per heavy atom. The lowest BCUT2D eigenvalue weighted by Crippen LogP contribution is -1.98. The minimum atomic E-state index is 0.106. The van der Waals surface area contributed by atoms with E-state index in [0.29, 0.717) is 24.2 Å². The Morgan fingerprint density at radius 3 is 2.60 bits per heavy atom. The molecule has 0 bridgehead atoms. The van der Waals surface area contributed by atoms with Gasteiger partial charge in [0.15, 0.2) is 5.78 Å². The highest BCUT2D eigenvalue weighted by Gasteiger charge is 2.13. The lowest BCUT2D eigenvalue weighted by Gasteiger charge is -1.97. The van der Waals surface area contributed by atoms with Crippen LogP contribution >= 0.6 is 0 Å². The van der Waals surface area contributed by atoms with E-state index < -0.39 is 0 Å². The van der Waals surface area contributed by atoms with Crippen LogP contribution in [0.25, 0.3) is 0 Å². The molecule has 0 radical (unpaired) electrons. The average molecular weight is 140 g/mol. The van der Waals surface area contributed by atoms with Crippen LogP contribution in [0.3, 0.4) is 0 Å². The molecule has 10 heavy (non-hydrogen) atoms. The molecular formula is C8H12O2. The van der Waals surface area contributed by atoms with Gasteiger partial charge in [-0.25, -0.2) is 0 Å². The molecule has 56 valence electrons. The fourth-order valence-electron chi connectivity index (χ4n) is 1.11. The fourth-order valence-corrected chi connectivity index (χ4v) is 1.11. The maximum atomic E-state index is 11.0. The molecule has 0 aromatic carbocycles. The molecule has 0 aromatic rings. The van der Waals surface area contributed by atoms with E-state index in [1.54, 1.807) is 6.92 Å². The number of ketones is 1. The van der Waals surface area contributed by atoms with E-state index in [-0.39, 0.29) is 5.78 Å². The molecule has 1 rings (SSSR count). The lowest BCUT2D eigenvalue weighted by molar-refractivity contribution is -0.115. The summed E-state index contributed by atoms with van der Waals surface area (Å²) in [5.74, 6) is 0.400. The zero-order valence-electron chi connectivity index (χ0n) is 6.18. The van der Waals surface area contributed by atoms with Crippen LogP contribution in [0.15, 0.2) is 11.3 Å². The second kappa shape index (κ2) is 2.86. The second-order valence-electron chi connectivity index (χ2n) is 2.70. The molecule has 1 aliphatic carbocycles.